The van der Waals surface area contributed by atoms with Gasteiger partial charge in [-0.3, -0.25) is 4.90 Å². The van der Waals surface area contributed by atoms with Crippen molar-refractivity contribution in [2.24, 2.45) is 5.73 Å². The third-order valence-electron chi connectivity index (χ3n) is 4.48. The van der Waals surface area contributed by atoms with E-state index in [1.165, 1.54) is 17.7 Å². The van der Waals surface area contributed by atoms with Gasteiger partial charge in [0.05, 0.1) is 0 Å². The molecule has 0 aliphatic carbocycles. The fourth-order valence-electron chi connectivity index (χ4n) is 3.01. The molecular weight excluding hydrogens is 234 g/mol. The Kier molecular flexibility index (Phi) is 4.83. The van der Waals surface area contributed by atoms with Gasteiger partial charge >= 0.3 is 0 Å². The van der Waals surface area contributed by atoms with Gasteiger partial charge in [-0.05, 0) is 51.9 Å². The second-order valence-electron chi connectivity index (χ2n) is 5.77. The molecule has 2 unspecified atom stereocenters. The fraction of sp³-hybridized carbons (Fsp3) is 0.625. The van der Waals surface area contributed by atoms with Crippen LogP contribution in [0, 0.1) is 6.92 Å². The summed E-state index contributed by atoms with van der Waals surface area (Å²) in [4.78, 5) is 5.04. The van der Waals surface area contributed by atoms with E-state index < -0.39 is 0 Å². The van der Waals surface area contributed by atoms with Crippen molar-refractivity contribution >= 4 is 5.69 Å². The SMILES string of the molecule is Cc1ccccc1N1CCC(C)N(C)C(CCN)C1. The van der Waals surface area contributed by atoms with E-state index in [9.17, 15) is 0 Å². The molecule has 1 aromatic rings. The topological polar surface area (TPSA) is 32.5 Å². The molecule has 0 radical (unpaired) electrons. The Bertz CT molecular complexity index is 405. The number of likely N-dealkylation sites (N-methyl/N-ethyl adjacent to an activating group) is 1. The van der Waals surface area contributed by atoms with Crippen molar-refractivity contribution in [3.8, 4) is 0 Å². The summed E-state index contributed by atoms with van der Waals surface area (Å²) in [6.07, 6.45) is 2.29. The van der Waals surface area contributed by atoms with Crippen LogP contribution in [0.5, 0.6) is 0 Å². The fourth-order valence-corrected chi connectivity index (χ4v) is 3.01. The van der Waals surface area contributed by atoms with Crippen molar-refractivity contribution in [2.75, 3.05) is 31.6 Å². The van der Waals surface area contributed by atoms with Crippen LogP contribution in [-0.4, -0.2) is 43.7 Å². The van der Waals surface area contributed by atoms with E-state index in [4.69, 9.17) is 5.73 Å². The largest absolute Gasteiger partial charge is 0.370 e. The molecule has 2 N–H and O–H groups in total. The zero-order valence-electron chi connectivity index (χ0n) is 12.5. The number of benzene rings is 1. The molecule has 1 aliphatic heterocycles. The second-order valence-corrected chi connectivity index (χ2v) is 5.77. The molecule has 19 heavy (non-hydrogen) atoms. The van der Waals surface area contributed by atoms with Crippen LogP contribution in [0.4, 0.5) is 5.69 Å². The highest BCUT2D eigenvalue weighted by atomic mass is 15.2. The average Bonchev–Trinajstić information content (AvgIpc) is 2.54. The molecule has 106 valence electrons. The maximum Gasteiger partial charge on any atom is 0.0396 e. The van der Waals surface area contributed by atoms with E-state index in [1.807, 2.05) is 0 Å². The lowest BCUT2D eigenvalue weighted by molar-refractivity contribution is 0.190. The van der Waals surface area contributed by atoms with Gasteiger partial charge in [-0.25, -0.2) is 0 Å². The van der Waals surface area contributed by atoms with Gasteiger partial charge in [0.1, 0.15) is 0 Å². The molecule has 1 aromatic carbocycles. The van der Waals surface area contributed by atoms with Crippen LogP contribution in [0.15, 0.2) is 24.3 Å². The summed E-state index contributed by atoms with van der Waals surface area (Å²) in [6, 6.07) is 9.88. The van der Waals surface area contributed by atoms with Crippen LogP contribution in [-0.2, 0) is 0 Å². The van der Waals surface area contributed by atoms with Gasteiger partial charge in [0.25, 0.3) is 0 Å². The third kappa shape index (κ3) is 3.28. The number of para-hydroxylation sites is 1. The standard InChI is InChI=1S/C16H27N3/c1-13-6-4-5-7-16(13)19-11-9-14(2)18(3)15(12-19)8-10-17/h4-7,14-15H,8-12,17H2,1-3H3. The Balaban J connectivity index is 2.20. The molecule has 0 saturated carbocycles. The van der Waals surface area contributed by atoms with Gasteiger partial charge in [-0.15, -0.1) is 0 Å². The van der Waals surface area contributed by atoms with Crippen molar-refractivity contribution in [2.45, 2.75) is 38.8 Å². The highest BCUT2D eigenvalue weighted by Gasteiger charge is 2.26. The minimum atomic E-state index is 0.558. The monoisotopic (exact) mass is 261 g/mol. The molecule has 1 fully saturated rings. The van der Waals surface area contributed by atoms with Crippen LogP contribution in [0.1, 0.15) is 25.3 Å². The molecular formula is C16H27N3. The lowest BCUT2D eigenvalue weighted by Crippen LogP contribution is -2.43. The van der Waals surface area contributed by atoms with Gasteiger partial charge < -0.3 is 10.6 Å². The Hall–Kier alpha value is -1.06. The van der Waals surface area contributed by atoms with Crippen LogP contribution in [0.3, 0.4) is 0 Å². The van der Waals surface area contributed by atoms with E-state index in [1.54, 1.807) is 0 Å². The summed E-state index contributed by atoms with van der Waals surface area (Å²) >= 11 is 0. The zero-order chi connectivity index (χ0) is 13.8. The number of nitrogens with zero attached hydrogens (tertiary/aromatic N) is 2. The van der Waals surface area contributed by atoms with Gasteiger partial charge in [0.15, 0.2) is 0 Å². The first-order valence-electron chi connectivity index (χ1n) is 7.36. The first kappa shape index (κ1) is 14.4. The highest BCUT2D eigenvalue weighted by molar-refractivity contribution is 5.53. The van der Waals surface area contributed by atoms with E-state index in [0.717, 1.165) is 26.1 Å². The van der Waals surface area contributed by atoms with Gasteiger partial charge in [-0.1, -0.05) is 18.2 Å². The van der Waals surface area contributed by atoms with Crippen molar-refractivity contribution in [1.82, 2.24) is 4.90 Å². The summed E-state index contributed by atoms with van der Waals surface area (Å²) in [6.45, 7) is 7.51. The number of hydrogen-bond acceptors (Lipinski definition) is 3. The average molecular weight is 261 g/mol. The maximum atomic E-state index is 5.79. The highest BCUT2D eigenvalue weighted by Crippen LogP contribution is 2.24. The molecule has 2 atom stereocenters. The van der Waals surface area contributed by atoms with Gasteiger partial charge in [-0.2, -0.15) is 0 Å². The van der Waals surface area contributed by atoms with Crippen LogP contribution >= 0.6 is 0 Å². The predicted molar refractivity (Wildman–Crippen MR) is 82.7 cm³/mol. The zero-order valence-corrected chi connectivity index (χ0v) is 12.5. The van der Waals surface area contributed by atoms with Gasteiger partial charge in [0.2, 0.25) is 0 Å². The minimum Gasteiger partial charge on any atom is -0.370 e. The number of nitrogens with two attached hydrogens (primary N) is 1. The molecule has 0 spiro atoms. The number of aryl methyl sites for hydroxylation is 1. The maximum absolute atomic E-state index is 5.79. The molecule has 1 heterocycles. The Morgan fingerprint density at radius 3 is 2.74 bits per heavy atom. The second kappa shape index (κ2) is 6.40. The molecule has 1 aliphatic rings. The normalized spacial score (nSPS) is 25.4. The predicted octanol–water partition coefficient (Wildman–Crippen LogP) is 2.24. The van der Waals surface area contributed by atoms with Crippen LogP contribution in [0.25, 0.3) is 0 Å². The van der Waals surface area contributed by atoms with Crippen LogP contribution in [0.2, 0.25) is 0 Å². The third-order valence-corrected chi connectivity index (χ3v) is 4.48. The summed E-state index contributed by atoms with van der Waals surface area (Å²) < 4.78 is 0. The molecule has 0 aromatic heterocycles. The van der Waals surface area contributed by atoms with Crippen molar-refractivity contribution in [3.05, 3.63) is 29.8 Å². The summed E-state index contributed by atoms with van der Waals surface area (Å²) in [7, 11) is 2.24. The summed E-state index contributed by atoms with van der Waals surface area (Å²) in [5.74, 6) is 0. The van der Waals surface area contributed by atoms with Crippen molar-refractivity contribution in [1.29, 1.82) is 0 Å². The summed E-state index contributed by atoms with van der Waals surface area (Å²) in [5.41, 5.74) is 8.54. The van der Waals surface area contributed by atoms with E-state index in [0.29, 0.717) is 12.1 Å². The quantitative estimate of drug-likeness (QED) is 0.906. The van der Waals surface area contributed by atoms with E-state index in [-0.39, 0.29) is 0 Å². The molecule has 3 nitrogen and oxygen atoms in total. The smallest absolute Gasteiger partial charge is 0.0396 e. The molecule has 1 saturated heterocycles. The minimum absolute atomic E-state index is 0.558. The van der Waals surface area contributed by atoms with Gasteiger partial charge in [0, 0.05) is 30.9 Å². The Morgan fingerprint density at radius 1 is 1.32 bits per heavy atom. The number of rotatable bonds is 3. The first-order chi connectivity index (χ1) is 9.13. The van der Waals surface area contributed by atoms with Crippen molar-refractivity contribution < 1.29 is 0 Å². The Morgan fingerprint density at radius 2 is 2.05 bits per heavy atom. The first-order valence-corrected chi connectivity index (χ1v) is 7.36. The van der Waals surface area contributed by atoms with Crippen molar-refractivity contribution in [3.63, 3.8) is 0 Å². The van der Waals surface area contributed by atoms with E-state index >= 15 is 0 Å². The lowest BCUT2D eigenvalue weighted by Gasteiger charge is -2.32. The molecule has 0 amide bonds. The number of anilines is 1. The molecule has 0 bridgehead atoms. The molecule has 3 heteroatoms. The summed E-state index contributed by atoms with van der Waals surface area (Å²) in [5, 5.41) is 0. The number of hydrogen-bond donors (Lipinski definition) is 1. The lowest BCUT2D eigenvalue weighted by atomic mass is 10.1. The Labute approximate surface area is 117 Å². The van der Waals surface area contributed by atoms with Crippen LogP contribution < -0.4 is 10.6 Å². The van der Waals surface area contributed by atoms with E-state index in [2.05, 4.69) is 55.0 Å². The molecule has 2 rings (SSSR count).